The lowest BCUT2D eigenvalue weighted by molar-refractivity contribution is 0.0691. The second-order valence-corrected chi connectivity index (χ2v) is 13.4. The average Bonchev–Trinajstić information content (AvgIpc) is 3.36. The SMILES string of the molecule is COc1cc(C(=O)O)c(F)cc1NS(=O)(=O)c1csc(-c2ccc(C3CCC(C)(C)CC3)c(OC(C)C)c2F)n1. The summed E-state index contributed by atoms with van der Waals surface area (Å²) in [5, 5.41) is 10.1. The van der Waals surface area contributed by atoms with E-state index in [1.807, 2.05) is 19.9 Å². The van der Waals surface area contributed by atoms with Gasteiger partial charge < -0.3 is 14.6 Å². The molecule has 8 nitrogen and oxygen atoms in total. The standard InChI is InChI=1S/C28H32F2N2O6S2/c1-15(2)38-25-17(16-8-10-28(3,4)11-9-16)6-7-18(24(25)30)26-31-23(14-39-26)40(35,36)32-21-13-20(29)19(27(33)34)12-22(21)37-5/h6-7,12-16,32H,8-11H2,1-5H3,(H,33,34). The second kappa shape index (κ2) is 11.3. The number of anilines is 1. The van der Waals surface area contributed by atoms with Gasteiger partial charge in [-0.2, -0.15) is 8.42 Å². The maximum atomic E-state index is 16.0. The van der Waals surface area contributed by atoms with Crippen LogP contribution in [0.4, 0.5) is 14.5 Å². The highest BCUT2D eigenvalue weighted by molar-refractivity contribution is 7.92. The van der Waals surface area contributed by atoms with Crippen LogP contribution in [0, 0.1) is 17.0 Å². The molecule has 0 atom stereocenters. The lowest BCUT2D eigenvalue weighted by atomic mass is 9.71. The molecule has 2 aromatic carbocycles. The van der Waals surface area contributed by atoms with E-state index in [0.29, 0.717) is 6.07 Å². The fraction of sp³-hybridized carbons (Fsp3) is 0.429. The van der Waals surface area contributed by atoms with Crippen LogP contribution < -0.4 is 14.2 Å². The Bertz CT molecular complexity index is 1530. The first kappa shape index (κ1) is 29.7. The second-order valence-electron chi connectivity index (χ2n) is 10.9. The molecule has 3 aromatic rings. The van der Waals surface area contributed by atoms with E-state index in [2.05, 4.69) is 23.6 Å². The van der Waals surface area contributed by atoms with Gasteiger partial charge in [0.05, 0.1) is 30.0 Å². The van der Waals surface area contributed by atoms with E-state index in [0.717, 1.165) is 48.6 Å². The molecule has 4 rings (SSSR count). The molecule has 12 heteroatoms. The Morgan fingerprint density at radius 3 is 2.48 bits per heavy atom. The van der Waals surface area contributed by atoms with Crippen LogP contribution in [0.1, 0.15) is 75.2 Å². The number of hydrogen-bond donors (Lipinski definition) is 2. The molecular formula is C28H32F2N2O6S2. The molecular weight excluding hydrogens is 562 g/mol. The maximum Gasteiger partial charge on any atom is 0.338 e. The fourth-order valence-electron chi connectivity index (χ4n) is 4.79. The normalized spacial score (nSPS) is 15.7. The number of carbonyl (C=O) groups is 1. The van der Waals surface area contributed by atoms with Crippen molar-refractivity contribution in [2.45, 2.75) is 70.4 Å². The Balaban J connectivity index is 1.66. The number of methoxy groups -OCH3 is 1. The smallest absolute Gasteiger partial charge is 0.338 e. The molecule has 40 heavy (non-hydrogen) atoms. The summed E-state index contributed by atoms with van der Waals surface area (Å²) < 4.78 is 69.5. The first-order valence-corrected chi connectivity index (χ1v) is 15.2. The van der Waals surface area contributed by atoms with Gasteiger partial charge in [-0.25, -0.2) is 18.6 Å². The molecule has 1 fully saturated rings. The number of nitrogens with zero attached hydrogens (tertiary/aromatic N) is 1. The van der Waals surface area contributed by atoms with Gasteiger partial charge in [0.15, 0.2) is 16.6 Å². The quantitative estimate of drug-likeness (QED) is 0.272. The van der Waals surface area contributed by atoms with E-state index in [9.17, 15) is 17.6 Å². The summed E-state index contributed by atoms with van der Waals surface area (Å²) in [6, 6.07) is 5.03. The Hall–Kier alpha value is -3.25. The van der Waals surface area contributed by atoms with Crippen LogP contribution >= 0.6 is 11.3 Å². The summed E-state index contributed by atoms with van der Waals surface area (Å²) in [7, 11) is -3.17. The number of aromatic carboxylic acids is 1. The molecule has 0 amide bonds. The largest absolute Gasteiger partial charge is 0.495 e. The number of nitrogens with one attached hydrogen (secondary N) is 1. The molecule has 0 radical (unpaired) electrons. The number of halogens is 2. The van der Waals surface area contributed by atoms with Crippen molar-refractivity contribution < 1.29 is 36.6 Å². The van der Waals surface area contributed by atoms with Crippen LogP contribution in [0.15, 0.2) is 34.7 Å². The van der Waals surface area contributed by atoms with E-state index < -0.39 is 38.2 Å². The number of benzene rings is 2. The van der Waals surface area contributed by atoms with Crippen LogP contribution in [0.25, 0.3) is 10.6 Å². The van der Waals surface area contributed by atoms with Gasteiger partial charge in [0.2, 0.25) is 0 Å². The highest BCUT2D eigenvalue weighted by Crippen LogP contribution is 2.47. The number of ether oxygens (including phenoxy) is 2. The minimum absolute atomic E-state index is 0.108. The molecule has 216 valence electrons. The summed E-state index contributed by atoms with van der Waals surface area (Å²) in [6.45, 7) is 8.11. The van der Waals surface area contributed by atoms with Crippen LogP contribution in [0.2, 0.25) is 0 Å². The van der Waals surface area contributed by atoms with Crippen molar-refractivity contribution in [3.8, 4) is 22.1 Å². The van der Waals surface area contributed by atoms with Gasteiger partial charge in [0, 0.05) is 17.0 Å². The van der Waals surface area contributed by atoms with E-state index in [1.54, 1.807) is 6.07 Å². The monoisotopic (exact) mass is 594 g/mol. The van der Waals surface area contributed by atoms with Gasteiger partial charge in [-0.15, -0.1) is 11.3 Å². The van der Waals surface area contributed by atoms with Crippen molar-refractivity contribution in [3.63, 3.8) is 0 Å². The van der Waals surface area contributed by atoms with Crippen LogP contribution in [-0.2, 0) is 10.0 Å². The number of aromatic nitrogens is 1. The maximum absolute atomic E-state index is 16.0. The minimum Gasteiger partial charge on any atom is -0.495 e. The van der Waals surface area contributed by atoms with Gasteiger partial charge in [0.1, 0.15) is 16.6 Å². The fourth-order valence-corrected chi connectivity index (χ4v) is 6.97. The number of sulfonamides is 1. The third-order valence-corrected chi connectivity index (χ3v) is 9.29. The summed E-state index contributed by atoms with van der Waals surface area (Å²) in [5.41, 5.74) is 0.176. The van der Waals surface area contributed by atoms with Crippen molar-refractivity contribution in [2.75, 3.05) is 11.8 Å². The van der Waals surface area contributed by atoms with Gasteiger partial charge in [-0.3, -0.25) is 4.72 Å². The molecule has 0 aliphatic heterocycles. The molecule has 1 heterocycles. The molecule has 0 bridgehead atoms. The molecule has 0 spiro atoms. The lowest BCUT2D eigenvalue weighted by Crippen LogP contribution is -2.21. The topological polar surface area (TPSA) is 115 Å². The van der Waals surface area contributed by atoms with E-state index in [4.69, 9.17) is 14.6 Å². The number of hydrogen-bond acceptors (Lipinski definition) is 7. The average molecular weight is 595 g/mol. The lowest BCUT2D eigenvalue weighted by Gasteiger charge is -2.35. The predicted molar refractivity (Wildman–Crippen MR) is 149 cm³/mol. The molecule has 2 N–H and O–H groups in total. The first-order chi connectivity index (χ1) is 18.7. The van der Waals surface area contributed by atoms with Crippen molar-refractivity contribution in [1.82, 2.24) is 4.98 Å². The van der Waals surface area contributed by atoms with Gasteiger partial charge in [-0.05, 0) is 63.0 Å². The van der Waals surface area contributed by atoms with Crippen molar-refractivity contribution in [3.05, 3.63) is 52.4 Å². The molecule has 1 aliphatic rings. The number of thiazole rings is 1. The Labute approximate surface area is 236 Å². The Morgan fingerprint density at radius 2 is 1.88 bits per heavy atom. The third-order valence-electron chi connectivity index (χ3n) is 7.01. The number of carboxylic acids is 1. The first-order valence-electron chi connectivity index (χ1n) is 12.8. The Kier molecular flexibility index (Phi) is 8.41. The van der Waals surface area contributed by atoms with Gasteiger partial charge in [0.25, 0.3) is 10.0 Å². The third kappa shape index (κ3) is 6.22. The van der Waals surface area contributed by atoms with Crippen molar-refractivity contribution in [2.24, 2.45) is 5.41 Å². The predicted octanol–water partition coefficient (Wildman–Crippen LogP) is 7.07. The van der Waals surface area contributed by atoms with Crippen LogP contribution in [-0.4, -0.2) is 37.7 Å². The van der Waals surface area contributed by atoms with Crippen molar-refractivity contribution >= 4 is 33.0 Å². The zero-order valence-corrected chi connectivity index (χ0v) is 24.5. The molecule has 0 unspecified atom stereocenters. The van der Waals surface area contributed by atoms with Crippen LogP contribution in [0.5, 0.6) is 11.5 Å². The summed E-state index contributed by atoms with van der Waals surface area (Å²) in [6.07, 6.45) is 3.61. The molecule has 1 aliphatic carbocycles. The van der Waals surface area contributed by atoms with E-state index >= 15 is 4.39 Å². The van der Waals surface area contributed by atoms with E-state index in [1.165, 1.54) is 12.5 Å². The number of carboxylic acid groups (broad SMARTS) is 1. The van der Waals surface area contributed by atoms with Gasteiger partial charge in [-0.1, -0.05) is 19.9 Å². The minimum atomic E-state index is -4.36. The highest BCUT2D eigenvalue weighted by Gasteiger charge is 2.31. The molecule has 1 aromatic heterocycles. The molecule has 0 saturated heterocycles. The summed E-state index contributed by atoms with van der Waals surface area (Å²) in [4.78, 5) is 15.4. The molecule has 1 saturated carbocycles. The number of rotatable bonds is 9. The zero-order chi connectivity index (χ0) is 29.4. The Morgan fingerprint density at radius 1 is 1.20 bits per heavy atom. The zero-order valence-electron chi connectivity index (χ0n) is 22.9. The van der Waals surface area contributed by atoms with Crippen molar-refractivity contribution in [1.29, 1.82) is 0 Å². The van der Waals surface area contributed by atoms with Crippen LogP contribution in [0.3, 0.4) is 0 Å². The highest BCUT2D eigenvalue weighted by atomic mass is 32.2. The summed E-state index contributed by atoms with van der Waals surface area (Å²) >= 11 is 0.934. The summed E-state index contributed by atoms with van der Waals surface area (Å²) in [5.74, 6) is -3.16. The van der Waals surface area contributed by atoms with Gasteiger partial charge >= 0.3 is 5.97 Å². The van der Waals surface area contributed by atoms with E-state index in [-0.39, 0.29) is 45.2 Å².